The molecule has 1 N–H and O–H groups in total. The zero-order valence-electron chi connectivity index (χ0n) is 16.2. The summed E-state index contributed by atoms with van der Waals surface area (Å²) in [5.41, 5.74) is 6.12. The molecule has 3 aromatic rings. The highest BCUT2D eigenvalue weighted by Crippen LogP contribution is 2.42. The lowest BCUT2D eigenvalue weighted by Crippen LogP contribution is -2.09. The first-order valence-corrected chi connectivity index (χ1v) is 12.0. The molecule has 1 aliphatic heterocycles. The average Bonchev–Trinajstić information content (AvgIpc) is 2.84. The molecule has 4 rings (SSSR count). The second-order valence-corrected chi connectivity index (χ2v) is 9.63. The van der Waals surface area contributed by atoms with Crippen molar-refractivity contribution in [3.05, 3.63) is 89.0 Å². The van der Waals surface area contributed by atoms with E-state index in [9.17, 15) is 8.42 Å². The number of nitrogens with one attached hydrogen (secondary N) is 1. The minimum atomic E-state index is -3.33. The highest BCUT2D eigenvalue weighted by molar-refractivity contribution is 7.98. The Kier molecular flexibility index (Phi) is 5.39. The molecule has 0 fully saturated rings. The predicted octanol–water partition coefficient (Wildman–Crippen LogP) is 5.26. The van der Waals surface area contributed by atoms with Crippen LogP contribution < -0.4 is 9.46 Å². The van der Waals surface area contributed by atoms with Gasteiger partial charge in [0, 0.05) is 16.3 Å². The third kappa shape index (κ3) is 4.49. The smallest absolute Gasteiger partial charge is 0.229 e. The van der Waals surface area contributed by atoms with E-state index in [4.69, 9.17) is 4.74 Å². The molecule has 0 unspecified atom stereocenters. The quantitative estimate of drug-likeness (QED) is 0.622. The fourth-order valence-corrected chi connectivity index (χ4v) is 5.04. The Hall–Kier alpha value is -2.70. The molecule has 0 aliphatic carbocycles. The van der Waals surface area contributed by atoms with E-state index >= 15 is 0 Å². The number of fused-ring (bicyclic) bond motifs is 2. The van der Waals surface area contributed by atoms with Crippen LogP contribution in [0.3, 0.4) is 0 Å². The number of methoxy groups -OCH3 is 1. The van der Waals surface area contributed by atoms with Gasteiger partial charge < -0.3 is 4.74 Å². The fourth-order valence-electron chi connectivity index (χ4n) is 3.42. The van der Waals surface area contributed by atoms with Gasteiger partial charge >= 0.3 is 0 Å². The van der Waals surface area contributed by atoms with Crippen LogP contribution in [0.2, 0.25) is 0 Å². The van der Waals surface area contributed by atoms with Crippen molar-refractivity contribution in [1.29, 1.82) is 0 Å². The summed E-state index contributed by atoms with van der Waals surface area (Å²) in [6.07, 6.45) is 3.27. The second kappa shape index (κ2) is 7.97. The summed E-state index contributed by atoms with van der Waals surface area (Å²) in [6.45, 7) is 0. The van der Waals surface area contributed by atoms with Gasteiger partial charge in [-0.05, 0) is 64.2 Å². The van der Waals surface area contributed by atoms with Gasteiger partial charge in [0.05, 0.1) is 13.4 Å². The Balaban J connectivity index is 1.87. The summed E-state index contributed by atoms with van der Waals surface area (Å²) in [6, 6.07) is 22.0. The molecule has 1 heterocycles. The first-order chi connectivity index (χ1) is 13.9. The van der Waals surface area contributed by atoms with E-state index in [0.29, 0.717) is 5.69 Å². The highest BCUT2D eigenvalue weighted by Gasteiger charge is 2.19. The fraction of sp³-hybridized carbons (Fsp3) is 0.130. The molecule has 148 valence electrons. The largest absolute Gasteiger partial charge is 0.497 e. The minimum Gasteiger partial charge on any atom is -0.497 e. The van der Waals surface area contributed by atoms with Crippen molar-refractivity contribution < 1.29 is 13.2 Å². The first kappa shape index (κ1) is 19.6. The van der Waals surface area contributed by atoms with E-state index in [0.717, 1.165) is 34.5 Å². The Morgan fingerprint density at radius 2 is 1.83 bits per heavy atom. The third-order valence-electron chi connectivity index (χ3n) is 4.66. The predicted molar refractivity (Wildman–Crippen MR) is 121 cm³/mol. The van der Waals surface area contributed by atoms with Crippen LogP contribution in [-0.2, 0) is 15.8 Å². The van der Waals surface area contributed by atoms with Crippen molar-refractivity contribution in [2.24, 2.45) is 0 Å². The van der Waals surface area contributed by atoms with Crippen molar-refractivity contribution >= 4 is 39.1 Å². The zero-order valence-corrected chi connectivity index (χ0v) is 17.8. The van der Waals surface area contributed by atoms with Gasteiger partial charge in [0.25, 0.3) is 0 Å². The first-order valence-electron chi connectivity index (χ1n) is 9.12. The maximum Gasteiger partial charge on any atom is 0.229 e. The Morgan fingerprint density at radius 1 is 1.00 bits per heavy atom. The molecule has 0 amide bonds. The molecule has 0 aromatic heterocycles. The van der Waals surface area contributed by atoms with Gasteiger partial charge in [-0.1, -0.05) is 36.4 Å². The number of thioether (sulfide) groups is 1. The number of hydrogen-bond acceptors (Lipinski definition) is 4. The molecule has 0 bridgehead atoms. The third-order valence-corrected chi connectivity index (χ3v) is 6.39. The number of anilines is 1. The molecule has 6 heteroatoms. The van der Waals surface area contributed by atoms with Crippen LogP contribution in [0.4, 0.5) is 5.69 Å². The molecule has 0 saturated heterocycles. The van der Waals surface area contributed by atoms with Gasteiger partial charge in [0.15, 0.2) is 0 Å². The summed E-state index contributed by atoms with van der Waals surface area (Å²) in [4.78, 5) is 1.22. The normalized spacial score (nSPS) is 14.6. The van der Waals surface area contributed by atoms with Gasteiger partial charge in [-0.25, -0.2) is 8.42 Å². The van der Waals surface area contributed by atoms with Crippen LogP contribution in [0.1, 0.15) is 22.3 Å². The number of rotatable bonds is 4. The Morgan fingerprint density at radius 3 is 2.62 bits per heavy atom. The summed E-state index contributed by atoms with van der Waals surface area (Å²) in [5.74, 6) is 1.70. The van der Waals surface area contributed by atoms with E-state index in [-0.39, 0.29) is 0 Å². The van der Waals surface area contributed by atoms with Crippen LogP contribution in [-0.4, -0.2) is 21.8 Å². The summed E-state index contributed by atoms with van der Waals surface area (Å²) >= 11 is 1.81. The highest BCUT2D eigenvalue weighted by atomic mass is 32.2. The van der Waals surface area contributed by atoms with Crippen molar-refractivity contribution in [3.8, 4) is 5.75 Å². The van der Waals surface area contributed by atoms with E-state index in [1.165, 1.54) is 16.0 Å². The number of sulfonamides is 1. The molecule has 29 heavy (non-hydrogen) atoms. The molecule has 4 nitrogen and oxygen atoms in total. The van der Waals surface area contributed by atoms with Crippen LogP contribution in [0.5, 0.6) is 5.75 Å². The van der Waals surface area contributed by atoms with Crippen LogP contribution in [0, 0.1) is 0 Å². The maximum absolute atomic E-state index is 11.6. The molecular formula is C23H21NO3S2. The lowest BCUT2D eigenvalue weighted by molar-refractivity contribution is 0.414. The van der Waals surface area contributed by atoms with Gasteiger partial charge in [-0.15, -0.1) is 11.8 Å². The Bertz CT molecular complexity index is 1200. The van der Waals surface area contributed by atoms with E-state index in [1.54, 1.807) is 13.2 Å². The maximum atomic E-state index is 11.6. The molecule has 0 spiro atoms. The number of ether oxygens (including phenoxy) is 1. The van der Waals surface area contributed by atoms with Gasteiger partial charge in [0.1, 0.15) is 5.75 Å². The van der Waals surface area contributed by atoms with E-state index < -0.39 is 10.0 Å². The lowest BCUT2D eigenvalue weighted by atomic mass is 9.92. The van der Waals surface area contributed by atoms with Gasteiger partial charge in [-0.2, -0.15) is 0 Å². The van der Waals surface area contributed by atoms with Crippen molar-refractivity contribution in [1.82, 2.24) is 0 Å². The lowest BCUT2D eigenvalue weighted by Gasteiger charge is -2.13. The molecule has 0 saturated carbocycles. The average molecular weight is 424 g/mol. The van der Waals surface area contributed by atoms with Gasteiger partial charge in [-0.3, -0.25) is 4.72 Å². The van der Waals surface area contributed by atoms with E-state index in [2.05, 4.69) is 41.1 Å². The zero-order chi connectivity index (χ0) is 20.4. The monoisotopic (exact) mass is 423 g/mol. The molecule has 3 aromatic carbocycles. The number of hydrogen-bond donors (Lipinski definition) is 1. The second-order valence-electron chi connectivity index (χ2n) is 6.87. The van der Waals surface area contributed by atoms with Crippen molar-refractivity contribution in [2.75, 3.05) is 18.1 Å². The van der Waals surface area contributed by atoms with Gasteiger partial charge in [0.2, 0.25) is 10.0 Å². The molecular weight excluding hydrogens is 402 g/mol. The topological polar surface area (TPSA) is 55.4 Å². The standard InChI is InChI=1S/C23H21NO3S2/c1-27-19-10-11-20-17(14-19)15-28-23-9-4-3-8-21(23)22(20)13-16-6-5-7-18(12-16)24-29(2,25)26/h3-14,24H,15H2,1-2H3. The van der Waals surface area contributed by atoms with Crippen molar-refractivity contribution in [2.45, 2.75) is 10.6 Å². The van der Waals surface area contributed by atoms with E-state index in [1.807, 2.05) is 42.1 Å². The number of benzene rings is 3. The summed E-state index contributed by atoms with van der Waals surface area (Å²) in [5, 5.41) is 0. The Labute approximate surface area is 175 Å². The van der Waals surface area contributed by atoms with Crippen LogP contribution >= 0.6 is 11.8 Å². The minimum absolute atomic E-state index is 0.549. The summed E-state index contributed by atoms with van der Waals surface area (Å²) < 4.78 is 31.2. The molecule has 0 atom stereocenters. The molecule has 1 aliphatic rings. The van der Waals surface area contributed by atoms with Crippen molar-refractivity contribution in [3.63, 3.8) is 0 Å². The summed E-state index contributed by atoms with van der Waals surface area (Å²) in [7, 11) is -1.65. The SMILES string of the molecule is COc1ccc2c(c1)CSc1ccccc1C2=Cc1cccc(NS(C)(=O)=O)c1. The molecule has 0 radical (unpaired) electrons. The van der Waals surface area contributed by atoms with Crippen LogP contribution in [0.25, 0.3) is 11.6 Å². The van der Waals surface area contributed by atoms with Crippen LogP contribution in [0.15, 0.2) is 71.6 Å².